The molecule has 1 atom stereocenters. The van der Waals surface area contributed by atoms with Crippen LogP contribution in [0.25, 0.3) is 11.0 Å². The molecule has 124 valence electrons. The topological polar surface area (TPSA) is 50.4 Å². The summed E-state index contributed by atoms with van der Waals surface area (Å²) in [5.74, 6) is -0.123. The first-order valence-corrected chi connectivity index (χ1v) is 8.49. The molecule has 3 nitrogen and oxygen atoms in total. The quantitative estimate of drug-likeness (QED) is 0.673. The summed E-state index contributed by atoms with van der Waals surface area (Å²) in [5, 5.41) is 11.3. The van der Waals surface area contributed by atoms with Crippen LogP contribution in [0.4, 0.5) is 0 Å². The van der Waals surface area contributed by atoms with Crippen molar-refractivity contribution in [3.8, 4) is 5.75 Å². The lowest BCUT2D eigenvalue weighted by Gasteiger charge is -2.18. The number of hydrogen-bond donors (Lipinski definition) is 1. The predicted molar refractivity (Wildman–Crippen MR) is 96.7 cm³/mol. The summed E-state index contributed by atoms with van der Waals surface area (Å²) in [4.78, 5) is 12.5. The lowest BCUT2D eigenvalue weighted by molar-refractivity contribution is 0.448. The molecule has 0 aliphatic heterocycles. The highest BCUT2D eigenvalue weighted by atomic mass is 16.4. The van der Waals surface area contributed by atoms with Crippen molar-refractivity contribution in [3.05, 3.63) is 75.6 Å². The molecule has 0 fully saturated rings. The first kappa shape index (κ1) is 16.3. The van der Waals surface area contributed by atoms with Crippen LogP contribution >= 0.6 is 0 Å². The largest absolute Gasteiger partial charge is 0.507 e. The third-order valence-corrected chi connectivity index (χ3v) is 4.54. The van der Waals surface area contributed by atoms with E-state index in [0.29, 0.717) is 16.5 Å². The maximum absolute atomic E-state index is 12.5. The number of para-hydroxylation sites is 1. The third kappa shape index (κ3) is 2.94. The minimum absolute atomic E-state index is 0.0415. The molecule has 1 unspecified atom stereocenters. The van der Waals surface area contributed by atoms with Gasteiger partial charge >= 0.3 is 5.63 Å². The number of benzene rings is 2. The minimum atomic E-state index is -0.454. The Labute approximate surface area is 141 Å². The Hall–Kier alpha value is -2.55. The van der Waals surface area contributed by atoms with Gasteiger partial charge < -0.3 is 9.52 Å². The molecule has 0 aliphatic carbocycles. The van der Waals surface area contributed by atoms with Crippen LogP contribution in [-0.4, -0.2) is 5.11 Å². The molecule has 0 saturated heterocycles. The molecule has 0 radical (unpaired) electrons. The fourth-order valence-electron chi connectivity index (χ4n) is 3.21. The molecule has 0 amide bonds. The number of aryl methyl sites for hydroxylation is 1. The van der Waals surface area contributed by atoms with Gasteiger partial charge in [0.25, 0.3) is 0 Å². The van der Waals surface area contributed by atoms with E-state index in [1.165, 1.54) is 5.56 Å². The van der Waals surface area contributed by atoms with Gasteiger partial charge in [-0.25, -0.2) is 4.79 Å². The number of rotatable bonds is 5. The zero-order chi connectivity index (χ0) is 17.1. The van der Waals surface area contributed by atoms with Crippen LogP contribution in [-0.2, 0) is 6.42 Å². The molecule has 0 bridgehead atoms. The zero-order valence-electron chi connectivity index (χ0n) is 14.1. The molecule has 0 saturated carbocycles. The van der Waals surface area contributed by atoms with E-state index in [0.717, 1.165) is 24.8 Å². The second-order valence-electron chi connectivity index (χ2n) is 6.08. The monoisotopic (exact) mass is 322 g/mol. The molecular weight excluding hydrogens is 300 g/mol. The SMILES string of the molecule is CCCC(c1ccc(CC)cc1)c1c(O)c2ccccc2oc1=O. The van der Waals surface area contributed by atoms with Gasteiger partial charge in [0, 0.05) is 5.92 Å². The lowest BCUT2D eigenvalue weighted by Crippen LogP contribution is -2.14. The van der Waals surface area contributed by atoms with Gasteiger partial charge in [0.2, 0.25) is 0 Å². The van der Waals surface area contributed by atoms with Crippen LogP contribution in [0.15, 0.2) is 57.7 Å². The van der Waals surface area contributed by atoms with Crippen LogP contribution in [0.5, 0.6) is 5.75 Å². The van der Waals surface area contributed by atoms with Crippen molar-refractivity contribution in [2.24, 2.45) is 0 Å². The van der Waals surface area contributed by atoms with Gasteiger partial charge in [-0.2, -0.15) is 0 Å². The third-order valence-electron chi connectivity index (χ3n) is 4.54. The summed E-state index contributed by atoms with van der Waals surface area (Å²) in [5.41, 5.74) is 2.61. The minimum Gasteiger partial charge on any atom is -0.507 e. The summed E-state index contributed by atoms with van der Waals surface area (Å²) in [6.07, 6.45) is 2.66. The second-order valence-corrected chi connectivity index (χ2v) is 6.08. The highest BCUT2D eigenvalue weighted by Crippen LogP contribution is 2.36. The molecule has 1 heterocycles. The summed E-state index contributed by atoms with van der Waals surface area (Å²) in [6, 6.07) is 15.4. The Kier molecular flexibility index (Phi) is 4.70. The molecule has 24 heavy (non-hydrogen) atoms. The first-order chi connectivity index (χ1) is 11.7. The van der Waals surface area contributed by atoms with Crippen molar-refractivity contribution >= 4 is 11.0 Å². The van der Waals surface area contributed by atoms with E-state index in [2.05, 4.69) is 26.0 Å². The summed E-state index contributed by atoms with van der Waals surface area (Å²) < 4.78 is 5.45. The Balaban J connectivity index is 2.17. The van der Waals surface area contributed by atoms with Gasteiger partial charge in [0.05, 0.1) is 10.9 Å². The highest BCUT2D eigenvalue weighted by molar-refractivity contribution is 5.84. The molecule has 2 aromatic carbocycles. The maximum atomic E-state index is 12.5. The van der Waals surface area contributed by atoms with E-state index in [9.17, 15) is 9.90 Å². The fraction of sp³-hybridized carbons (Fsp3) is 0.286. The van der Waals surface area contributed by atoms with Gasteiger partial charge in [-0.05, 0) is 36.1 Å². The summed E-state index contributed by atoms with van der Waals surface area (Å²) in [6.45, 7) is 4.19. The predicted octanol–water partition coefficient (Wildman–Crippen LogP) is 4.99. The Morgan fingerprint density at radius 1 is 1.04 bits per heavy atom. The molecule has 0 spiro atoms. The van der Waals surface area contributed by atoms with E-state index in [1.54, 1.807) is 18.2 Å². The molecule has 1 N–H and O–H groups in total. The van der Waals surface area contributed by atoms with Crippen LogP contribution in [0, 0.1) is 0 Å². The average molecular weight is 322 g/mol. The molecule has 3 rings (SSSR count). The van der Waals surface area contributed by atoms with Crippen molar-refractivity contribution in [2.45, 2.75) is 39.0 Å². The van der Waals surface area contributed by atoms with E-state index >= 15 is 0 Å². The molecule has 0 aliphatic rings. The molecule has 3 aromatic rings. The van der Waals surface area contributed by atoms with Crippen molar-refractivity contribution in [1.82, 2.24) is 0 Å². The van der Waals surface area contributed by atoms with Crippen molar-refractivity contribution < 1.29 is 9.52 Å². The van der Waals surface area contributed by atoms with Gasteiger partial charge in [-0.3, -0.25) is 0 Å². The second kappa shape index (κ2) is 6.91. The maximum Gasteiger partial charge on any atom is 0.343 e. The van der Waals surface area contributed by atoms with Gasteiger partial charge in [-0.15, -0.1) is 0 Å². The normalized spacial score (nSPS) is 12.4. The van der Waals surface area contributed by atoms with Crippen molar-refractivity contribution in [2.75, 3.05) is 0 Å². The number of hydrogen-bond acceptors (Lipinski definition) is 3. The summed E-state index contributed by atoms with van der Waals surface area (Å²) >= 11 is 0. The van der Waals surface area contributed by atoms with Gasteiger partial charge in [0.1, 0.15) is 11.3 Å². The van der Waals surface area contributed by atoms with Crippen molar-refractivity contribution in [3.63, 3.8) is 0 Å². The van der Waals surface area contributed by atoms with Gasteiger partial charge in [-0.1, -0.05) is 56.7 Å². The highest BCUT2D eigenvalue weighted by Gasteiger charge is 2.23. The van der Waals surface area contributed by atoms with Crippen LogP contribution < -0.4 is 5.63 Å². The molecule has 1 aromatic heterocycles. The van der Waals surface area contributed by atoms with E-state index < -0.39 is 5.63 Å². The van der Waals surface area contributed by atoms with E-state index in [-0.39, 0.29) is 11.7 Å². The Morgan fingerprint density at radius 2 is 1.75 bits per heavy atom. The molecular formula is C21H22O3. The van der Waals surface area contributed by atoms with E-state index in [1.807, 2.05) is 18.2 Å². The van der Waals surface area contributed by atoms with Crippen molar-refractivity contribution in [1.29, 1.82) is 0 Å². The van der Waals surface area contributed by atoms with E-state index in [4.69, 9.17) is 4.42 Å². The smallest absolute Gasteiger partial charge is 0.343 e. The Bertz CT molecular complexity index is 891. The van der Waals surface area contributed by atoms with Crippen LogP contribution in [0.1, 0.15) is 49.3 Å². The summed E-state index contributed by atoms with van der Waals surface area (Å²) in [7, 11) is 0. The number of aromatic hydroxyl groups is 1. The van der Waals surface area contributed by atoms with Gasteiger partial charge in [0.15, 0.2) is 0 Å². The average Bonchev–Trinajstić information content (AvgIpc) is 2.61. The zero-order valence-corrected chi connectivity index (χ0v) is 14.1. The fourth-order valence-corrected chi connectivity index (χ4v) is 3.21. The number of fused-ring (bicyclic) bond motifs is 1. The molecule has 3 heteroatoms. The lowest BCUT2D eigenvalue weighted by atomic mass is 9.87. The standard InChI is InChI=1S/C21H22O3/c1-3-7-16(15-12-10-14(4-2)11-13-15)19-20(22)17-8-5-6-9-18(17)24-21(19)23/h5-6,8-13,16,22H,3-4,7H2,1-2H3. The van der Waals surface area contributed by atoms with Crippen LogP contribution in [0.2, 0.25) is 0 Å². The first-order valence-electron chi connectivity index (χ1n) is 8.49. The van der Waals surface area contributed by atoms with Crippen LogP contribution in [0.3, 0.4) is 0 Å². The Morgan fingerprint density at radius 3 is 2.42 bits per heavy atom.